The molecule has 0 fully saturated rings. The molecule has 4 N–H and O–H groups in total. The third kappa shape index (κ3) is 2.84. The highest BCUT2D eigenvalue weighted by Gasteiger charge is 2.23. The Kier molecular flexibility index (Phi) is 3.95. The van der Waals surface area contributed by atoms with Gasteiger partial charge in [-0.2, -0.15) is 0 Å². The van der Waals surface area contributed by atoms with E-state index in [1.807, 2.05) is 30.3 Å². The molecule has 1 aromatic carbocycles. The van der Waals surface area contributed by atoms with Crippen molar-refractivity contribution in [3.63, 3.8) is 0 Å². The van der Waals surface area contributed by atoms with Crippen molar-refractivity contribution in [1.82, 2.24) is 0 Å². The third-order valence-corrected chi connectivity index (χ3v) is 2.07. The Morgan fingerprint density at radius 1 is 1.23 bits per heavy atom. The van der Waals surface area contributed by atoms with Gasteiger partial charge in [-0.05, 0) is 18.5 Å². The standard InChI is InChI=1S/C9H14BNO2/c11-7-6-9(10(12)13)8-4-2-1-3-5-8/h1-5,9,12-13H,6-7,11H2. The van der Waals surface area contributed by atoms with Crippen LogP contribution < -0.4 is 5.73 Å². The van der Waals surface area contributed by atoms with E-state index in [4.69, 9.17) is 15.8 Å². The molecule has 0 aromatic heterocycles. The first-order valence-electron chi connectivity index (χ1n) is 4.37. The zero-order chi connectivity index (χ0) is 9.68. The van der Waals surface area contributed by atoms with E-state index in [1.165, 1.54) is 0 Å². The average molecular weight is 179 g/mol. The Balaban J connectivity index is 2.76. The van der Waals surface area contributed by atoms with Gasteiger partial charge in [0.15, 0.2) is 0 Å². The Labute approximate surface area is 78.3 Å². The number of rotatable bonds is 4. The molecule has 13 heavy (non-hydrogen) atoms. The van der Waals surface area contributed by atoms with Crippen LogP contribution in [0.3, 0.4) is 0 Å². The summed E-state index contributed by atoms with van der Waals surface area (Å²) >= 11 is 0. The molecule has 0 aliphatic rings. The van der Waals surface area contributed by atoms with Gasteiger partial charge in [-0.1, -0.05) is 30.3 Å². The van der Waals surface area contributed by atoms with Crippen molar-refractivity contribution >= 4 is 7.12 Å². The van der Waals surface area contributed by atoms with Gasteiger partial charge in [-0.15, -0.1) is 0 Å². The van der Waals surface area contributed by atoms with Crippen LogP contribution in [0.4, 0.5) is 0 Å². The molecule has 4 heteroatoms. The largest absolute Gasteiger partial charge is 0.459 e. The van der Waals surface area contributed by atoms with Gasteiger partial charge in [-0.3, -0.25) is 0 Å². The van der Waals surface area contributed by atoms with Crippen molar-refractivity contribution in [2.45, 2.75) is 12.2 Å². The molecule has 3 nitrogen and oxygen atoms in total. The lowest BCUT2D eigenvalue weighted by Gasteiger charge is -2.14. The Bertz CT molecular complexity index is 241. The van der Waals surface area contributed by atoms with E-state index in [2.05, 4.69) is 0 Å². The predicted octanol–water partition coefficient (Wildman–Crippen LogP) is 0.131. The van der Waals surface area contributed by atoms with Crippen LogP contribution in [-0.4, -0.2) is 23.7 Å². The molecule has 0 radical (unpaired) electrons. The number of nitrogens with two attached hydrogens (primary N) is 1. The quantitative estimate of drug-likeness (QED) is 0.575. The number of hydrogen-bond acceptors (Lipinski definition) is 3. The lowest BCUT2D eigenvalue weighted by molar-refractivity contribution is 0.383. The van der Waals surface area contributed by atoms with Crippen LogP contribution >= 0.6 is 0 Å². The fourth-order valence-corrected chi connectivity index (χ4v) is 1.37. The number of benzene rings is 1. The van der Waals surface area contributed by atoms with E-state index in [0.29, 0.717) is 13.0 Å². The Hall–Kier alpha value is -0.835. The second kappa shape index (κ2) is 5.02. The third-order valence-electron chi connectivity index (χ3n) is 2.07. The molecule has 0 spiro atoms. The van der Waals surface area contributed by atoms with Gasteiger partial charge >= 0.3 is 7.12 Å². The topological polar surface area (TPSA) is 66.5 Å². The molecule has 0 aliphatic heterocycles. The van der Waals surface area contributed by atoms with Gasteiger partial charge in [0.25, 0.3) is 0 Å². The SMILES string of the molecule is NCCC(B(O)O)c1ccccc1. The summed E-state index contributed by atoms with van der Waals surface area (Å²) in [5.41, 5.74) is 6.30. The van der Waals surface area contributed by atoms with Crippen molar-refractivity contribution in [3.8, 4) is 0 Å². The predicted molar refractivity (Wildman–Crippen MR) is 53.0 cm³/mol. The summed E-state index contributed by atoms with van der Waals surface area (Å²) in [6.07, 6.45) is 0.585. The molecule has 1 unspecified atom stereocenters. The van der Waals surface area contributed by atoms with Crippen molar-refractivity contribution in [2.75, 3.05) is 6.54 Å². The molecular weight excluding hydrogens is 165 g/mol. The van der Waals surface area contributed by atoms with Crippen molar-refractivity contribution in [1.29, 1.82) is 0 Å². The summed E-state index contributed by atoms with van der Waals surface area (Å²) < 4.78 is 0. The van der Waals surface area contributed by atoms with E-state index >= 15 is 0 Å². The zero-order valence-corrected chi connectivity index (χ0v) is 7.43. The summed E-state index contributed by atoms with van der Waals surface area (Å²) in [6.45, 7) is 0.456. The Morgan fingerprint density at radius 3 is 2.31 bits per heavy atom. The van der Waals surface area contributed by atoms with Gasteiger partial charge in [0, 0.05) is 5.82 Å². The second-order valence-electron chi connectivity index (χ2n) is 3.01. The minimum absolute atomic E-state index is 0.272. The minimum atomic E-state index is -1.33. The van der Waals surface area contributed by atoms with E-state index in [0.717, 1.165) is 5.56 Å². The summed E-state index contributed by atoms with van der Waals surface area (Å²) in [4.78, 5) is 0. The first kappa shape index (κ1) is 10.2. The second-order valence-corrected chi connectivity index (χ2v) is 3.01. The van der Waals surface area contributed by atoms with Crippen molar-refractivity contribution in [2.24, 2.45) is 5.73 Å². The van der Waals surface area contributed by atoms with Gasteiger partial charge < -0.3 is 15.8 Å². The highest BCUT2D eigenvalue weighted by molar-refractivity contribution is 6.43. The molecule has 0 saturated carbocycles. The first-order chi connectivity index (χ1) is 6.25. The van der Waals surface area contributed by atoms with E-state index in [1.54, 1.807) is 0 Å². The summed E-state index contributed by atoms with van der Waals surface area (Å²) in [6, 6.07) is 9.40. The van der Waals surface area contributed by atoms with Gasteiger partial charge in [0.2, 0.25) is 0 Å². The maximum Gasteiger partial charge on any atom is 0.459 e. The summed E-state index contributed by atoms with van der Waals surface area (Å²) in [5, 5.41) is 18.2. The van der Waals surface area contributed by atoms with Crippen molar-refractivity contribution in [3.05, 3.63) is 35.9 Å². The number of hydrogen-bond donors (Lipinski definition) is 3. The summed E-state index contributed by atoms with van der Waals surface area (Å²) in [7, 11) is -1.33. The minimum Gasteiger partial charge on any atom is -0.427 e. The fraction of sp³-hybridized carbons (Fsp3) is 0.333. The first-order valence-corrected chi connectivity index (χ1v) is 4.37. The van der Waals surface area contributed by atoms with Crippen LogP contribution in [0.5, 0.6) is 0 Å². The molecule has 0 amide bonds. The Morgan fingerprint density at radius 2 is 1.85 bits per heavy atom. The average Bonchev–Trinajstić information content (AvgIpc) is 2.15. The van der Waals surface area contributed by atoms with Crippen LogP contribution in [0.25, 0.3) is 0 Å². The lowest BCUT2D eigenvalue weighted by atomic mass is 9.67. The van der Waals surface area contributed by atoms with Gasteiger partial charge in [-0.25, -0.2) is 0 Å². The van der Waals surface area contributed by atoms with Gasteiger partial charge in [0.05, 0.1) is 0 Å². The van der Waals surface area contributed by atoms with Crippen LogP contribution in [-0.2, 0) is 0 Å². The highest BCUT2D eigenvalue weighted by Crippen LogP contribution is 2.19. The molecule has 1 atom stereocenters. The van der Waals surface area contributed by atoms with Crippen LogP contribution in [0.2, 0.25) is 0 Å². The molecule has 70 valence electrons. The summed E-state index contributed by atoms with van der Waals surface area (Å²) in [5.74, 6) is -0.272. The lowest BCUT2D eigenvalue weighted by Crippen LogP contribution is -2.25. The zero-order valence-electron chi connectivity index (χ0n) is 7.43. The van der Waals surface area contributed by atoms with Crippen molar-refractivity contribution < 1.29 is 10.0 Å². The molecular formula is C9H14BNO2. The van der Waals surface area contributed by atoms with Gasteiger partial charge in [0.1, 0.15) is 0 Å². The monoisotopic (exact) mass is 179 g/mol. The highest BCUT2D eigenvalue weighted by atomic mass is 16.4. The van der Waals surface area contributed by atoms with Crippen LogP contribution in [0, 0.1) is 0 Å². The smallest absolute Gasteiger partial charge is 0.427 e. The molecule has 0 bridgehead atoms. The molecule has 0 heterocycles. The maximum absolute atomic E-state index is 9.10. The van der Waals surface area contributed by atoms with E-state index in [-0.39, 0.29) is 5.82 Å². The molecule has 0 aliphatic carbocycles. The van der Waals surface area contributed by atoms with E-state index < -0.39 is 7.12 Å². The maximum atomic E-state index is 9.10. The molecule has 1 aromatic rings. The van der Waals surface area contributed by atoms with Crippen LogP contribution in [0.15, 0.2) is 30.3 Å². The fourth-order valence-electron chi connectivity index (χ4n) is 1.37. The van der Waals surface area contributed by atoms with Crippen LogP contribution in [0.1, 0.15) is 17.8 Å². The molecule has 0 saturated heterocycles. The molecule has 1 rings (SSSR count). The normalized spacial score (nSPS) is 12.5. The van der Waals surface area contributed by atoms with E-state index in [9.17, 15) is 0 Å².